The average Bonchev–Trinajstić information content (AvgIpc) is 2.85. The third-order valence-corrected chi connectivity index (χ3v) is 4.42. The number of nitrogens with one attached hydrogen (secondary N) is 1. The molecule has 2 rings (SSSR count). The molecule has 19 heavy (non-hydrogen) atoms. The Kier molecular flexibility index (Phi) is 4.81. The second-order valence-corrected chi connectivity index (χ2v) is 5.63. The van der Waals surface area contributed by atoms with Crippen LogP contribution in [-0.4, -0.2) is 61.9 Å². The minimum atomic E-state index is -0.484. The van der Waals surface area contributed by atoms with E-state index in [1.807, 2.05) is 14.0 Å². The maximum Gasteiger partial charge on any atom is 0.326 e. The van der Waals surface area contributed by atoms with Gasteiger partial charge in [-0.15, -0.1) is 0 Å². The molecule has 2 fully saturated rings. The molecule has 110 valence electrons. The van der Waals surface area contributed by atoms with Crippen molar-refractivity contribution < 1.29 is 14.3 Å². The van der Waals surface area contributed by atoms with Crippen molar-refractivity contribution in [1.82, 2.24) is 10.2 Å². The predicted molar refractivity (Wildman–Crippen MR) is 73.0 cm³/mol. The summed E-state index contributed by atoms with van der Waals surface area (Å²) >= 11 is 0. The Hall–Kier alpha value is -0.650. The van der Waals surface area contributed by atoms with Crippen molar-refractivity contribution >= 4 is 5.97 Å². The molecule has 0 spiro atoms. The van der Waals surface area contributed by atoms with Crippen LogP contribution in [0.2, 0.25) is 0 Å². The topological polar surface area (TPSA) is 50.8 Å². The summed E-state index contributed by atoms with van der Waals surface area (Å²) in [5.74, 6) is -0.0960. The van der Waals surface area contributed by atoms with Gasteiger partial charge in [0.25, 0.3) is 0 Å². The van der Waals surface area contributed by atoms with Crippen LogP contribution < -0.4 is 5.32 Å². The summed E-state index contributed by atoms with van der Waals surface area (Å²) in [6.45, 7) is 7.14. The number of hydrogen-bond acceptors (Lipinski definition) is 5. The highest BCUT2D eigenvalue weighted by Gasteiger charge is 2.47. The van der Waals surface area contributed by atoms with Crippen LogP contribution in [0.15, 0.2) is 0 Å². The largest absolute Gasteiger partial charge is 0.465 e. The van der Waals surface area contributed by atoms with Gasteiger partial charge in [0, 0.05) is 19.1 Å². The summed E-state index contributed by atoms with van der Waals surface area (Å²) < 4.78 is 10.8. The highest BCUT2D eigenvalue weighted by Crippen LogP contribution is 2.34. The number of carbonyl (C=O) groups excluding carboxylic acids is 1. The number of rotatable bonds is 4. The molecule has 1 N–H and O–H groups in total. The van der Waals surface area contributed by atoms with Crippen LogP contribution >= 0.6 is 0 Å². The van der Waals surface area contributed by atoms with Gasteiger partial charge in [-0.05, 0) is 40.2 Å². The van der Waals surface area contributed by atoms with Crippen LogP contribution in [0.3, 0.4) is 0 Å². The standard InChI is InChI=1S/C14H26N2O3/c1-4-18-13(17)14(15-3)6-5-12(9-14)16-7-8-19-11(2)10-16/h11-12,15H,4-10H2,1-3H3. The zero-order valence-electron chi connectivity index (χ0n) is 12.3. The van der Waals surface area contributed by atoms with Crippen LogP contribution in [0, 0.1) is 0 Å². The fourth-order valence-electron chi connectivity index (χ4n) is 3.29. The van der Waals surface area contributed by atoms with Gasteiger partial charge >= 0.3 is 5.97 Å². The molecule has 5 heteroatoms. The first-order valence-electron chi connectivity index (χ1n) is 7.33. The number of hydrogen-bond donors (Lipinski definition) is 1. The Balaban J connectivity index is 1.98. The van der Waals surface area contributed by atoms with Crippen molar-refractivity contribution in [2.45, 2.75) is 50.8 Å². The summed E-state index contributed by atoms with van der Waals surface area (Å²) in [7, 11) is 1.86. The number of carbonyl (C=O) groups is 1. The van der Waals surface area contributed by atoms with Crippen molar-refractivity contribution in [3.05, 3.63) is 0 Å². The maximum atomic E-state index is 12.2. The number of nitrogens with zero attached hydrogens (tertiary/aromatic N) is 1. The van der Waals surface area contributed by atoms with E-state index in [9.17, 15) is 4.79 Å². The molecular weight excluding hydrogens is 244 g/mol. The van der Waals surface area contributed by atoms with Gasteiger partial charge in [-0.3, -0.25) is 9.69 Å². The molecule has 1 saturated carbocycles. The van der Waals surface area contributed by atoms with Crippen LogP contribution in [0.1, 0.15) is 33.1 Å². The van der Waals surface area contributed by atoms with Crippen molar-refractivity contribution in [2.24, 2.45) is 0 Å². The molecule has 0 radical (unpaired) electrons. The molecule has 3 unspecified atom stereocenters. The molecule has 0 aromatic rings. The zero-order chi connectivity index (χ0) is 13.9. The minimum absolute atomic E-state index is 0.0960. The highest BCUT2D eigenvalue weighted by atomic mass is 16.5. The molecule has 0 amide bonds. The fraction of sp³-hybridized carbons (Fsp3) is 0.929. The van der Waals surface area contributed by atoms with E-state index in [4.69, 9.17) is 9.47 Å². The molecule has 0 aromatic carbocycles. The van der Waals surface area contributed by atoms with E-state index in [2.05, 4.69) is 17.1 Å². The third-order valence-electron chi connectivity index (χ3n) is 4.42. The maximum absolute atomic E-state index is 12.2. The van der Waals surface area contributed by atoms with E-state index in [1.54, 1.807) is 0 Å². The van der Waals surface area contributed by atoms with E-state index < -0.39 is 5.54 Å². The van der Waals surface area contributed by atoms with Gasteiger partial charge in [0.1, 0.15) is 5.54 Å². The second-order valence-electron chi connectivity index (χ2n) is 5.63. The van der Waals surface area contributed by atoms with Gasteiger partial charge in [-0.25, -0.2) is 0 Å². The lowest BCUT2D eigenvalue weighted by atomic mass is 9.97. The Bertz CT molecular complexity index is 324. The molecule has 0 bridgehead atoms. The molecule has 3 atom stereocenters. The van der Waals surface area contributed by atoms with Gasteiger partial charge < -0.3 is 14.8 Å². The van der Waals surface area contributed by atoms with Crippen molar-refractivity contribution in [3.8, 4) is 0 Å². The first kappa shape index (κ1) is 14.8. The SMILES string of the molecule is CCOC(=O)C1(NC)CCC(N2CCOC(C)C2)C1. The third kappa shape index (κ3) is 3.09. The minimum Gasteiger partial charge on any atom is -0.465 e. The van der Waals surface area contributed by atoms with Gasteiger partial charge in [0.05, 0.1) is 19.3 Å². The van der Waals surface area contributed by atoms with E-state index in [1.165, 1.54) is 0 Å². The molecule has 2 aliphatic rings. The fourth-order valence-corrected chi connectivity index (χ4v) is 3.29. The smallest absolute Gasteiger partial charge is 0.326 e. The summed E-state index contributed by atoms with van der Waals surface area (Å²) in [5, 5.41) is 3.21. The van der Waals surface area contributed by atoms with Gasteiger partial charge in [0.15, 0.2) is 0 Å². The quantitative estimate of drug-likeness (QED) is 0.765. The van der Waals surface area contributed by atoms with Gasteiger partial charge in [0.2, 0.25) is 0 Å². The summed E-state index contributed by atoms with van der Waals surface area (Å²) in [4.78, 5) is 14.6. The van der Waals surface area contributed by atoms with Crippen LogP contribution in [-0.2, 0) is 14.3 Å². The van der Waals surface area contributed by atoms with Gasteiger partial charge in [-0.2, -0.15) is 0 Å². The molecule has 1 heterocycles. The van der Waals surface area contributed by atoms with Crippen LogP contribution in [0.25, 0.3) is 0 Å². The Labute approximate surface area is 115 Å². The average molecular weight is 270 g/mol. The molecule has 1 aliphatic heterocycles. The van der Waals surface area contributed by atoms with E-state index in [0.29, 0.717) is 18.8 Å². The lowest BCUT2D eigenvalue weighted by Crippen LogP contribution is -2.52. The highest BCUT2D eigenvalue weighted by molar-refractivity contribution is 5.81. The number of esters is 1. The first-order chi connectivity index (χ1) is 9.11. The summed E-state index contributed by atoms with van der Waals surface area (Å²) in [5.41, 5.74) is -0.484. The van der Waals surface area contributed by atoms with Crippen molar-refractivity contribution in [3.63, 3.8) is 0 Å². The molecule has 5 nitrogen and oxygen atoms in total. The van der Waals surface area contributed by atoms with Crippen LogP contribution in [0.4, 0.5) is 0 Å². The van der Waals surface area contributed by atoms with Crippen molar-refractivity contribution in [1.29, 1.82) is 0 Å². The Morgan fingerprint density at radius 2 is 2.37 bits per heavy atom. The molecule has 0 aromatic heterocycles. The van der Waals surface area contributed by atoms with E-state index in [-0.39, 0.29) is 5.97 Å². The van der Waals surface area contributed by atoms with Crippen molar-refractivity contribution in [2.75, 3.05) is 33.4 Å². The monoisotopic (exact) mass is 270 g/mol. The lowest BCUT2D eigenvalue weighted by molar-refractivity contribution is -0.151. The Morgan fingerprint density at radius 1 is 1.58 bits per heavy atom. The number of likely N-dealkylation sites (N-methyl/N-ethyl adjacent to an activating group) is 1. The van der Waals surface area contributed by atoms with E-state index in [0.717, 1.165) is 39.0 Å². The zero-order valence-corrected chi connectivity index (χ0v) is 12.3. The Morgan fingerprint density at radius 3 is 3.00 bits per heavy atom. The normalized spacial score (nSPS) is 36.4. The second kappa shape index (κ2) is 6.20. The summed E-state index contributed by atoms with van der Waals surface area (Å²) in [6.07, 6.45) is 3.04. The number of ether oxygens (including phenoxy) is 2. The lowest BCUT2D eigenvalue weighted by Gasteiger charge is -2.36. The molecular formula is C14H26N2O3. The predicted octanol–water partition coefficient (Wildman–Crippen LogP) is 0.781. The van der Waals surface area contributed by atoms with Gasteiger partial charge in [-0.1, -0.05) is 0 Å². The van der Waals surface area contributed by atoms with E-state index >= 15 is 0 Å². The first-order valence-corrected chi connectivity index (χ1v) is 7.33. The molecule has 1 saturated heterocycles. The molecule has 1 aliphatic carbocycles. The summed E-state index contributed by atoms with van der Waals surface area (Å²) in [6, 6.07) is 0.461. The van der Waals surface area contributed by atoms with Crippen LogP contribution in [0.5, 0.6) is 0 Å². The number of morpholine rings is 1.